The summed E-state index contributed by atoms with van der Waals surface area (Å²) in [5.41, 5.74) is 2.47. The molecule has 0 atom stereocenters. The number of fused-ring (bicyclic) bond motifs is 1. The van der Waals surface area contributed by atoms with Gasteiger partial charge in [0, 0.05) is 23.5 Å². The molecule has 20 heavy (non-hydrogen) atoms. The van der Waals surface area contributed by atoms with Crippen LogP contribution >= 0.6 is 0 Å². The van der Waals surface area contributed by atoms with Gasteiger partial charge in [-0.15, -0.1) is 0 Å². The molecule has 2 nitrogen and oxygen atoms in total. The van der Waals surface area contributed by atoms with Crippen LogP contribution in [0.1, 0.15) is 28.4 Å². The first-order valence-corrected chi connectivity index (χ1v) is 6.76. The number of aryl methyl sites for hydroxylation is 1. The number of ketones is 1. The van der Waals surface area contributed by atoms with Crippen LogP contribution in [0, 0.1) is 0 Å². The standard InChI is InChI=1S/C18H15NO/c1-2-13-12-19-10-9-17(13)18(20)16-8-7-14-5-3-4-6-15(14)11-16/h3-12H,2H2,1H3. The third-order valence-electron chi connectivity index (χ3n) is 3.54. The highest BCUT2D eigenvalue weighted by Crippen LogP contribution is 2.19. The summed E-state index contributed by atoms with van der Waals surface area (Å²) < 4.78 is 0. The van der Waals surface area contributed by atoms with Crippen molar-refractivity contribution >= 4 is 16.6 Å². The zero-order valence-corrected chi connectivity index (χ0v) is 11.3. The Morgan fingerprint density at radius 2 is 1.85 bits per heavy atom. The molecule has 2 aromatic carbocycles. The molecule has 0 aliphatic carbocycles. The van der Waals surface area contributed by atoms with E-state index in [4.69, 9.17) is 0 Å². The van der Waals surface area contributed by atoms with Gasteiger partial charge in [0.05, 0.1) is 0 Å². The molecule has 0 spiro atoms. The summed E-state index contributed by atoms with van der Waals surface area (Å²) in [6.07, 6.45) is 4.25. The van der Waals surface area contributed by atoms with Crippen LogP contribution in [-0.4, -0.2) is 10.8 Å². The molecule has 0 N–H and O–H groups in total. The SMILES string of the molecule is CCc1cnccc1C(=O)c1ccc2ccccc2c1. The van der Waals surface area contributed by atoms with Crippen LogP contribution in [-0.2, 0) is 6.42 Å². The van der Waals surface area contributed by atoms with Crippen molar-refractivity contribution in [1.82, 2.24) is 4.98 Å². The molecular weight excluding hydrogens is 246 g/mol. The molecule has 2 heteroatoms. The fraction of sp³-hybridized carbons (Fsp3) is 0.111. The van der Waals surface area contributed by atoms with Crippen LogP contribution in [0.3, 0.4) is 0 Å². The van der Waals surface area contributed by atoms with E-state index in [1.54, 1.807) is 18.5 Å². The molecule has 1 aromatic heterocycles. The van der Waals surface area contributed by atoms with Gasteiger partial charge in [-0.25, -0.2) is 0 Å². The van der Waals surface area contributed by atoms with Gasteiger partial charge in [0.2, 0.25) is 0 Å². The lowest BCUT2D eigenvalue weighted by molar-refractivity contribution is 0.103. The van der Waals surface area contributed by atoms with Crippen LogP contribution in [0.5, 0.6) is 0 Å². The minimum Gasteiger partial charge on any atom is -0.289 e. The zero-order chi connectivity index (χ0) is 13.9. The van der Waals surface area contributed by atoms with Crippen molar-refractivity contribution in [2.45, 2.75) is 13.3 Å². The number of hydrogen-bond acceptors (Lipinski definition) is 2. The van der Waals surface area contributed by atoms with Gasteiger partial charge in [-0.1, -0.05) is 43.3 Å². The Hall–Kier alpha value is -2.48. The minimum absolute atomic E-state index is 0.0648. The van der Waals surface area contributed by atoms with Gasteiger partial charge in [-0.05, 0) is 34.9 Å². The van der Waals surface area contributed by atoms with Crippen molar-refractivity contribution in [3.63, 3.8) is 0 Å². The van der Waals surface area contributed by atoms with Gasteiger partial charge in [-0.3, -0.25) is 9.78 Å². The average molecular weight is 261 g/mol. The fourth-order valence-electron chi connectivity index (χ4n) is 2.42. The van der Waals surface area contributed by atoms with E-state index in [-0.39, 0.29) is 5.78 Å². The quantitative estimate of drug-likeness (QED) is 0.666. The first-order valence-electron chi connectivity index (χ1n) is 6.76. The van der Waals surface area contributed by atoms with E-state index in [2.05, 4.69) is 4.98 Å². The molecule has 0 amide bonds. The van der Waals surface area contributed by atoms with Crippen molar-refractivity contribution < 1.29 is 4.79 Å². The Morgan fingerprint density at radius 1 is 1.05 bits per heavy atom. The van der Waals surface area contributed by atoms with Crippen LogP contribution in [0.4, 0.5) is 0 Å². The fourth-order valence-corrected chi connectivity index (χ4v) is 2.42. The summed E-state index contributed by atoms with van der Waals surface area (Å²) >= 11 is 0. The molecule has 3 rings (SSSR count). The molecule has 1 heterocycles. The summed E-state index contributed by atoms with van der Waals surface area (Å²) in [6, 6.07) is 15.7. The third kappa shape index (κ3) is 2.21. The summed E-state index contributed by atoms with van der Waals surface area (Å²) in [4.78, 5) is 16.7. The van der Waals surface area contributed by atoms with Gasteiger partial charge in [0.25, 0.3) is 0 Å². The van der Waals surface area contributed by atoms with Crippen molar-refractivity contribution in [2.75, 3.05) is 0 Å². The molecule has 0 unspecified atom stereocenters. The number of nitrogens with zero attached hydrogens (tertiary/aromatic N) is 1. The second kappa shape index (κ2) is 5.25. The Kier molecular flexibility index (Phi) is 3.30. The second-order valence-electron chi connectivity index (χ2n) is 4.78. The molecule has 0 saturated heterocycles. The number of hydrogen-bond donors (Lipinski definition) is 0. The number of pyridine rings is 1. The van der Waals surface area contributed by atoms with E-state index < -0.39 is 0 Å². The number of rotatable bonds is 3. The van der Waals surface area contributed by atoms with Crippen LogP contribution in [0.15, 0.2) is 60.9 Å². The minimum atomic E-state index is 0.0648. The maximum Gasteiger partial charge on any atom is 0.193 e. The number of carbonyl (C=O) groups is 1. The number of aromatic nitrogens is 1. The maximum absolute atomic E-state index is 12.6. The van der Waals surface area contributed by atoms with Gasteiger partial charge in [0.1, 0.15) is 0 Å². The predicted molar refractivity (Wildman–Crippen MR) is 81.0 cm³/mol. The van der Waals surface area contributed by atoms with Crippen LogP contribution in [0.25, 0.3) is 10.8 Å². The summed E-state index contributed by atoms with van der Waals surface area (Å²) in [5.74, 6) is 0.0648. The highest BCUT2D eigenvalue weighted by Gasteiger charge is 2.13. The highest BCUT2D eigenvalue weighted by atomic mass is 16.1. The van der Waals surface area contributed by atoms with Crippen molar-refractivity contribution in [2.24, 2.45) is 0 Å². The smallest absolute Gasteiger partial charge is 0.193 e. The first kappa shape index (κ1) is 12.5. The molecule has 0 bridgehead atoms. The largest absolute Gasteiger partial charge is 0.289 e. The topological polar surface area (TPSA) is 30.0 Å². The van der Waals surface area contributed by atoms with Gasteiger partial charge in [-0.2, -0.15) is 0 Å². The summed E-state index contributed by atoms with van der Waals surface area (Å²) in [7, 11) is 0. The van der Waals surface area contributed by atoms with E-state index in [0.29, 0.717) is 0 Å². The molecule has 0 radical (unpaired) electrons. The second-order valence-corrected chi connectivity index (χ2v) is 4.78. The van der Waals surface area contributed by atoms with Gasteiger partial charge >= 0.3 is 0 Å². The number of carbonyl (C=O) groups excluding carboxylic acids is 1. The molecule has 0 aliphatic heterocycles. The normalized spacial score (nSPS) is 10.7. The Bertz CT molecular complexity index is 777. The average Bonchev–Trinajstić information content (AvgIpc) is 2.53. The van der Waals surface area contributed by atoms with Crippen LogP contribution < -0.4 is 0 Å². The highest BCUT2D eigenvalue weighted by molar-refractivity contribution is 6.11. The van der Waals surface area contributed by atoms with E-state index in [1.807, 2.05) is 49.4 Å². The summed E-state index contributed by atoms with van der Waals surface area (Å²) in [5, 5.41) is 2.24. The van der Waals surface area contributed by atoms with E-state index >= 15 is 0 Å². The van der Waals surface area contributed by atoms with E-state index in [1.165, 1.54) is 0 Å². The molecule has 0 fully saturated rings. The molecular formula is C18H15NO. The molecule has 3 aromatic rings. The lowest BCUT2D eigenvalue weighted by atomic mass is 9.97. The van der Waals surface area contributed by atoms with Crippen LogP contribution in [0.2, 0.25) is 0 Å². The third-order valence-corrected chi connectivity index (χ3v) is 3.54. The van der Waals surface area contributed by atoms with Gasteiger partial charge in [0.15, 0.2) is 5.78 Å². The molecule has 0 aliphatic rings. The van der Waals surface area contributed by atoms with Crippen molar-refractivity contribution in [1.29, 1.82) is 0 Å². The van der Waals surface area contributed by atoms with E-state index in [9.17, 15) is 4.79 Å². The van der Waals surface area contributed by atoms with Crippen molar-refractivity contribution in [3.8, 4) is 0 Å². The Labute approximate surface area is 118 Å². The van der Waals surface area contributed by atoms with Crippen molar-refractivity contribution in [3.05, 3.63) is 77.6 Å². The molecule has 98 valence electrons. The summed E-state index contributed by atoms with van der Waals surface area (Å²) in [6.45, 7) is 2.04. The Balaban J connectivity index is 2.08. The van der Waals surface area contributed by atoms with E-state index in [0.717, 1.165) is 33.9 Å². The predicted octanol–water partition coefficient (Wildman–Crippen LogP) is 4.03. The number of benzene rings is 2. The zero-order valence-electron chi connectivity index (χ0n) is 11.3. The lowest BCUT2D eigenvalue weighted by Crippen LogP contribution is -2.05. The monoisotopic (exact) mass is 261 g/mol. The first-order chi connectivity index (χ1) is 9.79. The Morgan fingerprint density at radius 3 is 2.65 bits per heavy atom. The maximum atomic E-state index is 12.6. The van der Waals surface area contributed by atoms with Gasteiger partial charge < -0.3 is 0 Å². The lowest BCUT2D eigenvalue weighted by Gasteiger charge is -2.07. The molecule has 0 saturated carbocycles.